The van der Waals surface area contributed by atoms with Crippen LogP contribution in [0.25, 0.3) is 37.4 Å². The van der Waals surface area contributed by atoms with Gasteiger partial charge in [0.25, 0.3) is 0 Å². The summed E-state index contributed by atoms with van der Waals surface area (Å²) < 4.78 is 8.31. The minimum absolute atomic E-state index is 0.819. The van der Waals surface area contributed by atoms with Gasteiger partial charge in [-0.05, 0) is 68.0 Å². The van der Waals surface area contributed by atoms with Crippen molar-refractivity contribution >= 4 is 31.8 Å². The summed E-state index contributed by atoms with van der Waals surface area (Å²) >= 11 is 1.66. The third-order valence-corrected chi connectivity index (χ3v) is 7.07. The van der Waals surface area contributed by atoms with Crippen molar-refractivity contribution < 1.29 is 4.74 Å². The maximum Gasteiger partial charge on any atom is 0.174 e. The van der Waals surface area contributed by atoms with Crippen LogP contribution in [0.2, 0.25) is 0 Å². The number of ether oxygens (including phenoxy) is 1. The van der Waals surface area contributed by atoms with Gasteiger partial charge in [-0.25, -0.2) is 19.6 Å². The Hall–Kier alpha value is -3.32. The second-order valence-corrected chi connectivity index (χ2v) is 8.99. The van der Waals surface area contributed by atoms with Crippen LogP contribution in [-0.2, 0) is 12.8 Å². The van der Waals surface area contributed by atoms with Gasteiger partial charge in [0.05, 0.1) is 18.3 Å². The summed E-state index contributed by atoms with van der Waals surface area (Å²) in [5, 5.41) is 5.78. The predicted octanol–water partition coefficient (Wildman–Crippen LogP) is 5.21. The van der Waals surface area contributed by atoms with Crippen LogP contribution in [0.5, 0.6) is 5.75 Å². The molecule has 1 aliphatic rings. The van der Waals surface area contributed by atoms with Crippen molar-refractivity contribution in [3.8, 4) is 22.7 Å². The van der Waals surface area contributed by atoms with Gasteiger partial charge in [0, 0.05) is 16.8 Å². The molecule has 0 saturated heterocycles. The largest absolute Gasteiger partial charge is 0.497 e. The normalized spacial score (nSPS) is 13.3. The zero-order chi connectivity index (χ0) is 21.1. The van der Waals surface area contributed by atoms with E-state index in [4.69, 9.17) is 14.7 Å². The molecule has 0 fully saturated rings. The second kappa shape index (κ2) is 6.85. The molecule has 0 N–H and O–H groups in total. The highest BCUT2D eigenvalue weighted by Gasteiger charge is 2.25. The van der Waals surface area contributed by atoms with Crippen LogP contribution in [0.1, 0.15) is 29.1 Å². The van der Waals surface area contributed by atoms with Crippen molar-refractivity contribution in [3.05, 3.63) is 59.3 Å². The number of benzene rings is 1. The van der Waals surface area contributed by atoms with Gasteiger partial charge in [-0.1, -0.05) is 12.1 Å². The van der Waals surface area contributed by atoms with E-state index in [0.717, 1.165) is 62.7 Å². The van der Waals surface area contributed by atoms with Crippen molar-refractivity contribution in [2.24, 2.45) is 0 Å². The molecule has 31 heavy (non-hydrogen) atoms. The summed E-state index contributed by atoms with van der Waals surface area (Å²) in [5.74, 6) is 1.68. The molecular weight excluding hydrogens is 406 g/mol. The molecule has 7 heteroatoms. The second-order valence-electron chi connectivity index (χ2n) is 7.99. The van der Waals surface area contributed by atoms with E-state index in [-0.39, 0.29) is 0 Å². The van der Waals surface area contributed by atoms with Crippen molar-refractivity contribution in [1.29, 1.82) is 0 Å². The topological polar surface area (TPSA) is 65.7 Å². The van der Waals surface area contributed by atoms with Gasteiger partial charge in [0.2, 0.25) is 0 Å². The molecule has 0 radical (unpaired) electrons. The van der Waals surface area contributed by atoms with Crippen molar-refractivity contribution in [2.75, 3.05) is 7.11 Å². The van der Waals surface area contributed by atoms with E-state index in [2.05, 4.69) is 35.2 Å². The van der Waals surface area contributed by atoms with E-state index < -0.39 is 0 Å². The zero-order valence-corrected chi connectivity index (χ0v) is 18.5. The smallest absolute Gasteiger partial charge is 0.174 e. The third kappa shape index (κ3) is 2.76. The lowest BCUT2D eigenvalue weighted by Crippen LogP contribution is -2.02. The zero-order valence-electron chi connectivity index (χ0n) is 17.6. The van der Waals surface area contributed by atoms with Crippen molar-refractivity contribution in [2.45, 2.75) is 33.1 Å². The molecule has 154 valence electrons. The minimum Gasteiger partial charge on any atom is -0.497 e. The average molecular weight is 428 g/mol. The number of hydrogen-bond donors (Lipinski definition) is 0. The molecule has 1 aliphatic carbocycles. The fourth-order valence-electron chi connectivity index (χ4n) is 4.65. The fraction of sp³-hybridized carbons (Fsp3) is 0.250. The first-order valence-corrected chi connectivity index (χ1v) is 11.2. The minimum atomic E-state index is 0.819. The lowest BCUT2D eigenvalue weighted by molar-refractivity contribution is 0.415. The summed E-state index contributed by atoms with van der Waals surface area (Å²) in [6.45, 7) is 4.05. The number of aromatic nitrogens is 5. The molecule has 0 amide bonds. The van der Waals surface area contributed by atoms with Crippen LogP contribution in [-0.4, -0.2) is 31.8 Å². The predicted molar refractivity (Wildman–Crippen MR) is 123 cm³/mol. The third-order valence-electron chi connectivity index (χ3n) is 6.00. The van der Waals surface area contributed by atoms with Gasteiger partial charge < -0.3 is 4.74 Å². The van der Waals surface area contributed by atoms with Gasteiger partial charge >= 0.3 is 0 Å². The molecule has 4 heterocycles. The Morgan fingerprint density at radius 3 is 2.65 bits per heavy atom. The van der Waals surface area contributed by atoms with Gasteiger partial charge in [-0.3, -0.25) is 0 Å². The van der Waals surface area contributed by atoms with Crippen LogP contribution < -0.4 is 4.74 Å². The maximum absolute atomic E-state index is 5.38. The van der Waals surface area contributed by atoms with E-state index in [1.807, 2.05) is 23.7 Å². The molecule has 0 saturated carbocycles. The first kappa shape index (κ1) is 18.4. The number of rotatable bonds is 3. The lowest BCUT2D eigenvalue weighted by atomic mass is 9.96. The molecule has 6 nitrogen and oxygen atoms in total. The number of fused-ring (bicyclic) bond motifs is 4. The maximum atomic E-state index is 5.38. The lowest BCUT2D eigenvalue weighted by Gasteiger charge is -2.11. The van der Waals surface area contributed by atoms with Gasteiger partial charge in [0.15, 0.2) is 5.82 Å². The molecule has 0 bridgehead atoms. The van der Waals surface area contributed by atoms with E-state index in [0.29, 0.717) is 0 Å². The molecule has 0 atom stereocenters. The summed E-state index contributed by atoms with van der Waals surface area (Å²) in [5.41, 5.74) is 7.98. The van der Waals surface area contributed by atoms with Crippen LogP contribution in [0.4, 0.5) is 0 Å². The van der Waals surface area contributed by atoms with Crippen LogP contribution >= 0.6 is 11.3 Å². The van der Waals surface area contributed by atoms with E-state index in [1.165, 1.54) is 22.4 Å². The van der Waals surface area contributed by atoms with E-state index in [1.54, 1.807) is 24.8 Å². The summed E-state index contributed by atoms with van der Waals surface area (Å²) in [6.07, 6.45) is 4.86. The van der Waals surface area contributed by atoms with Crippen molar-refractivity contribution in [3.63, 3.8) is 0 Å². The Bertz CT molecular complexity index is 1470. The molecule has 0 spiro atoms. The van der Waals surface area contributed by atoms with Crippen LogP contribution in [0.3, 0.4) is 0 Å². The molecular formula is C24H21N5OS. The number of nitrogens with zero attached hydrogens (tertiary/aromatic N) is 5. The molecule has 1 aromatic carbocycles. The Morgan fingerprint density at radius 1 is 1.06 bits per heavy atom. The Labute approximate surface area is 183 Å². The molecule has 4 aromatic heterocycles. The Morgan fingerprint density at radius 2 is 1.90 bits per heavy atom. The van der Waals surface area contributed by atoms with Gasteiger partial charge in [0.1, 0.15) is 21.6 Å². The van der Waals surface area contributed by atoms with Crippen molar-refractivity contribution in [1.82, 2.24) is 24.7 Å². The fourth-order valence-corrected chi connectivity index (χ4v) is 5.79. The number of aryl methyl sites for hydroxylation is 3. The van der Waals surface area contributed by atoms with Crippen LogP contribution in [0.15, 0.2) is 36.7 Å². The standard InChI is InChI=1S/C24H21N5OS/c1-13-11-14(2)29(28-13)23-22-21(25-12-26-23)20-19(15-7-9-16(30-3)10-8-15)17-5-4-6-18(17)27-24(20)31-22/h7-12H,4-6H2,1-3H3. The molecule has 6 rings (SSSR count). The van der Waals surface area contributed by atoms with Gasteiger partial charge in [-0.15, -0.1) is 11.3 Å². The summed E-state index contributed by atoms with van der Waals surface area (Å²) in [6, 6.07) is 10.4. The highest BCUT2D eigenvalue weighted by molar-refractivity contribution is 7.25. The molecule has 5 aromatic rings. The highest BCUT2D eigenvalue weighted by Crippen LogP contribution is 2.44. The van der Waals surface area contributed by atoms with E-state index in [9.17, 15) is 0 Å². The first-order valence-electron chi connectivity index (χ1n) is 10.4. The van der Waals surface area contributed by atoms with Gasteiger partial charge in [-0.2, -0.15) is 5.10 Å². The summed E-state index contributed by atoms with van der Waals surface area (Å²) in [7, 11) is 1.70. The Balaban J connectivity index is 1.70. The SMILES string of the molecule is COc1ccc(-c2c3c(nc4sc5c(-n6nc(C)cc6C)ncnc5c24)CCC3)cc1. The molecule has 0 unspecified atom stereocenters. The monoisotopic (exact) mass is 427 g/mol. The average Bonchev–Trinajstić information content (AvgIpc) is 3.48. The van der Waals surface area contributed by atoms with Crippen LogP contribution in [0, 0.1) is 13.8 Å². The van der Waals surface area contributed by atoms with E-state index >= 15 is 0 Å². The first-order chi connectivity index (χ1) is 15.1. The molecule has 0 aliphatic heterocycles. The number of thiophene rings is 1. The summed E-state index contributed by atoms with van der Waals surface area (Å²) in [4.78, 5) is 15.4. The number of methoxy groups -OCH3 is 1. The number of hydrogen-bond acceptors (Lipinski definition) is 6. The highest BCUT2D eigenvalue weighted by atomic mass is 32.1. The number of pyridine rings is 1. The Kier molecular flexibility index (Phi) is 4.08. The quantitative estimate of drug-likeness (QED) is 0.396.